The average Bonchev–Trinajstić information content (AvgIpc) is 2.48. The number of hydrogen-bond acceptors (Lipinski definition) is 4. The average molecular weight is 297 g/mol. The van der Waals surface area contributed by atoms with E-state index in [0.717, 1.165) is 11.1 Å². The van der Waals surface area contributed by atoms with Crippen LogP contribution in [0.4, 0.5) is 0 Å². The lowest BCUT2D eigenvalue weighted by molar-refractivity contribution is -0.111. The topological polar surface area (TPSA) is 55.7 Å². The molecule has 0 heterocycles. The number of hydrogen-bond donors (Lipinski definition) is 0. The summed E-state index contributed by atoms with van der Waals surface area (Å²) in [6, 6.07) is 7.07. The molecular weight excluding hydrogens is 278 g/mol. The second kappa shape index (κ2) is 6.52. The molecular formula is C18H19NO3. The maximum Gasteiger partial charge on any atom is 0.365 e. The molecule has 0 amide bonds. The highest BCUT2D eigenvalue weighted by molar-refractivity contribution is 6.21. The normalized spacial score (nSPS) is 16.6. The minimum Gasteiger partial charge on any atom is -0.312 e. The van der Waals surface area contributed by atoms with E-state index in [4.69, 9.17) is 4.84 Å². The summed E-state index contributed by atoms with van der Waals surface area (Å²) in [7, 11) is 0. The fraction of sp³-hybridized carbons (Fsp3) is 0.278. The molecule has 0 radical (unpaired) electrons. The summed E-state index contributed by atoms with van der Waals surface area (Å²) in [6.07, 6.45) is 3.21. The van der Waals surface area contributed by atoms with Crippen LogP contribution in [0.1, 0.15) is 36.7 Å². The van der Waals surface area contributed by atoms with Crippen LogP contribution in [-0.4, -0.2) is 17.5 Å². The Morgan fingerprint density at radius 1 is 1.09 bits per heavy atom. The molecule has 4 heteroatoms. The van der Waals surface area contributed by atoms with E-state index in [1.807, 2.05) is 32.9 Å². The van der Waals surface area contributed by atoms with Crippen LogP contribution in [0.3, 0.4) is 0 Å². The molecule has 22 heavy (non-hydrogen) atoms. The number of carbonyl (C=O) groups is 2. The SMILES string of the molecule is CC1=CC(=NOC(=O)c2ccc(C)cc2)C(C(C)C)=CC1=O. The van der Waals surface area contributed by atoms with Gasteiger partial charge in [-0.1, -0.05) is 36.7 Å². The summed E-state index contributed by atoms with van der Waals surface area (Å²) < 4.78 is 0. The van der Waals surface area contributed by atoms with Gasteiger partial charge in [-0.3, -0.25) is 4.79 Å². The Morgan fingerprint density at radius 2 is 1.73 bits per heavy atom. The van der Waals surface area contributed by atoms with E-state index in [1.54, 1.807) is 31.2 Å². The molecule has 2 rings (SSSR count). The van der Waals surface area contributed by atoms with Gasteiger partial charge in [0.05, 0.1) is 5.56 Å². The van der Waals surface area contributed by atoms with Crippen LogP contribution in [0, 0.1) is 12.8 Å². The first-order valence-electron chi connectivity index (χ1n) is 7.19. The third-order valence-corrected chi connectivity index (χ3v) is 3.46. The molecule has 114 valence electrons. The molecule has 0 saturated carbocycles. The highest BCUT2D eigenvalue weighted by atomic mass is 16.7. The molecule has 0 atom stereocenters. The third-order valence-electron chi connectivity index (χ3n) is 3.46. The number of aryl methyl sites for hydroxylation is 1. The summed E-state index contributed by atoms with van der Waals surface area (Å²) in [5.41, 5.74) is 3.38. The number of rotatable bonds is 3. The van der Waals surface area contributed by atoms with Crippen molar-refractivity contribution in [2.24, 2.45) is 11.1 Å². The summed E-state index contributed by atoms with van der Waals surface area (Å²) >= 11 is 0. The highest BCUT2D eigenvalue weighted by Crippen LogP contribution is 2.20. The van der Waals surface area contributed by atoms with Crippen LogP contribution in [0.15, 0.2) is 52.7 Å². The van der Waals surface area contributed by atoms with Crippen molar-refractivity contribution in [2.45, 2.75) is 27.7 Å². The van der Waals surface area contributed by atoms with Crippen molar-refractivity contribution >= 4 is 17.5 Å². The van der Waals surface area contributed by atoms with Crippen LogP contribution in [0.2, 0.25) is 0 Å². The number of allylic oxidation sites excluding steroid dienone is 4. The molecule has 0 fully saturated rings. The van der Waals surface area contributed by atoms with Crippen molar-refractivity contribution in [2.75, 3.05) is 0 Å². The van der Waals surface area contributed by atoms with Crippen LogP contribution < -0.4 is 0 Å². The van der Waals surface area contributed by atoms with Gasteiger partial charge in [0.2, 0.25) is 0 Å². The summed E-state index contributed by atoms with van der Waals surface area (Å²) in [4.78, 5) is 28.7. The van der Waals surface area contributed by atoms with Crippen molar-refractivity contribution in [1.82, 2.24) is 0 Å². The largest absolute Gasteiger partial charge is 0.365 e. The van der Waals surface area contributed by atoms with Gasteiger partial charge < -0.3 is 4.84 Å². The standard InChI is InChI=1S/C18H19NO3/c1-11(2)15-10-17(20)13(4)9-16(15)19-22-18(21)14-7-5-12(3)6-8-14/h5-11H,1-4H3. The molecule has 1 aliphatic carbocycles. The maximum absolute atomic E-state index is 12.0. The zero-order valence-corrected chi connectivity index (χ0v) is 13.2. The molecule has 1 aromatic carbocycles. The van der Waals surface area contributed by atoms with Crippen LogP contribution >= 0.6 is 0 Å². The molecule has 0 saturated heterocycles. The van der Waals surface area contributed by atoms with Gasteiger partial charge in [0.25, 0.3) is 0 Å². The summed E-state index contributed by atoms with van der Waals surface area (Å²) in [6.45, 7) is 7.59. The zero-order chi connectivity index (χ0) is 16.3. The van der Waals surface area contributed by atoms with E-state index >= 15 is 0 Å². The third kappa shape index (κ3) is 3.58. The van der Waals surface area contributed by atoms with Gasteiger partial charge >= 0.3 is 5.97 Å². The Hall–Kier alpha value is -2.49. The Labute approximate surface area is 130 Å². The monoisotopic (exact) mass is 297 g/mol. The first-order valence-corrected chi connectivity index (χ1v) is 7.19. The molecule has 4 nitrogen and oxygen atoms in total. The van der Waals surface area contributed by atoms with E-state index in [-0.39, 0.29) is 11.7 Å². The molecule has 0 aliphatic heterocycles. The lowest BCUT2D eigenvalue weighted by Gasteiger charge is -2.15. The van der Waals surface area contributed by atoms with E-state index in [1.165, 1.54) is 0 Å². The Bertz CT molecular complexity index is 692. The van der Waals surface area contributed by atoms with Gasteiger partial charge in [-0.25, -0.2) is 4.79 Å². The van der Waals surface area contributed by atoms with Gasteiger partial charge in [0.15, 0.2) is 5.78 Å². The van der Waals surface area contributed by atoms with Crippen molar-refractivity contribution in [3.63, 3.8) is 0 Å². The molecule has 0 unspecified atom stereocenters. The predicted molar refractivity (Wildman–Crippen MR) is 85.7 cm³/mol. The zero-order valence-electron chi connectivity index (χ0n) is 13.2. The molecule has 1 aromatic rings. The molecule has 1 aliphatic rings. The highest BCUT2D eigenvalue weighted by Gasteiger charge is 2.19. The van der Waals surface area contributed by atoms with Crippen molar-refractivity contribution in [1.29, 1.82) is 0 Å². The van der Waals surface area contributed by atoms with Crippen LogP contribution in [-0.2, 0) is 9.63 Å². The van der Waals surface area contributed by atoms with Crippen molar-refractivity contribution < 1.29 is 14.4 Å². The lowest BCUT2D eigenvalue weighted by Crippen LogP contribution is -2.16. The first kappa shape index (κ1) is 15.9. The van der Waals surface area contributed by atoms with Gasteiger partial charge in [-0.2, -0.15) is 0 Å². The number of nitrogens with zero attached hydrogens (tertiary/aromatic N) is 1. The van der Waals surface area contributed by atoms with Crippen molar-refractivity contribution in [3.8, 4) is 0 Å². The molecule has 0 spiro atoms. The first-order chi connectivity index (χ1) is 10.4. The minimum atomic E-state index is -0.515. The quantitative estimate of drug-likeness (QED) is 0.486. The van der Waals surface area contributed by atoms with Gasteiger partial charge in [-0.15, -0.1) is 0 Å². The summed E-state index contributed by atoms with van der Waals surface area (Å²) in [5, 5.41) is 3.94. The van der Waals surface area contributed by atoms with E-state index in [2.05, 4.69) is 5.16 Å². The van der Waals surface area contributed by atoms with Gasteiger partial charge in [-0.05, 0) is 55.2 Å². The smallest absolute Gasteiger partial charge is 0.312 e. The minimum absolute atomic E-state index is 0.0347. The van der Waals surface area contributed by atoms with Gasteiger partial charge in [0.1, 0.15) is 5.71 Å². The second-order valence-corrected chi connectivity index (χ2v) is 5.67. The summed E-state index contributed by atoms with van der Waals surface area (Å²) in [5.74, 6) is -0.434. The van der Waals surface area contributed by atoms with E-state index < -0.39 is 5.97 Å². The fourth-order valence-electron chi connectivity index (χ4n) is 2.06. The number of ketones is 1. The molecule has 0 N–H and O–H groups in total. The predicted octanol–water partition coefficient (Wildman–Crippen LogP) is 3.62. The maximum atomic E-state index is 12.0. The van der Waals surface area contributed by atoms with Crippen LogP contribution in [0.5, 0.6) is 0 Å². The van der Waals surface area contributed by atoms with Crippen molar-refractivity contribution in [3.05, 3.63) is 58.7 Å². The van der Waals surface area contributed by atoms with E-state index in [9.17, 15) is 9.59 Å². The number of oxime groups is 1. The number of benzene rings is 1. The number of carbonyl (C=O) groups excluding carboxylic acids is 2. The lowest BCUT2D eigenvalue weighted by atomic mass is 9.90. The fourth-order valence-corrected chi connectivity index (χ4v) is 2.06. The van der Waals surface area contributed by atoms with Crippen LogP contribution in [0.25, 0.3) is 0 Å². The Balaban J connectivity index is 2.20. The molecule has 0 bridgehead atoms. The second-order valence-electron chi connectivity index (χ2n) is 5.67. The Kier molecular flexibility index (Phi) is 4.71. The Morgan fingerprint density at radius 3 is 2.32 bits per heavy atom. The van der Waals surface area contributed by atoms with E-state index in [0.29, 0.717) is 16.8 Å². The molecule has 0 aromatic heterocycles. The van der Waals surface area contributed by atoms with Gasteiger partial charge in [0, 0.05) is 0 Å².